The lowest BCUT2D eigenvalue weighted by Crippen LogP contribution is -2.52. The molecule has 34 heavy (non-hydrogen) atoms. The van der Waals surface area contributed by atoms with Gasteiger partial charge in [0.1, 0.15) is 11.4 Å². The SMILES string of the molecule is CCCCNc1ccc2c(c1)C(=O)CC1(CCN(CCNC(=O)c3c(Cl)cccc3Cl)CC1)O2. The number of rotatable bonds is 8. The van der Waals surface area contributed by atoms with E-state index in [1.54, 1.807) is 18.2 Å². The highest BCUT2D eigenvalue weighted by atomic mass is 35.5. The molecule has 1 spiro atoms. The Kier molecular flexibility index (Phi) is 8.02. The standard InChI is InChI=1S/C26H31Cl2N3O3/c1-2-3-11-29-18-7-8-23-19(16-18)22(32)17-26(34-23)9-13-31(14-10-26)15-12-30-25(33)24-20(27)5-4-6-21(24)28/h4-8,16,29H,2-3,9-15,17H2,1H3,(H,30,33). The van der Waals surface area contributed by atoms with Crippen molar-refractivity contribution in [3.05, 3.63) is 57.6 Å². The molecule has 1 saturated heterocycles. The normalized spacial score (nSPS) is 17.2. The topological polar surface area (TPSA) is 70.7 Å². The van der Waals surface area contributed by atoms with E-state index in [9.17, 15) is 9.59 Å². The van der Waals surface area contributed by atoms with E-state index in [2.05, 4.69) is 22.5 Å². The van der Waals surface area contributed by atoms with Gasteiger partial charge in [0.05, 0.1) is 27.6 Å². The maximum Gasteiger partial charge on any atom is 0.254 e. The Balaban J connectivity index is 1.28. The molecule has 0 bridgehead atoms. The predicted octanol–water partition coefficient (Wildman–Crippen LogP) is 5.44. The van der Waals surface area contributed by atoms with Crippen LogP contribution in [0.25, 0.3) is 0 Å². The van der Waals surface area contributed by atoms with Crippen LogP contribution in [-0.4, -0.2) is 54.9 Å². The number of nitrogens with zero attached hydrogens (tertiary/aromatic N) is 1. The van der Waals surface area contributed by atoms with Crippen LogP contribution in [0.15, 0.2) is 36.4 Å². The molecule has 1 fully saturated rings. The number of Topliss-reactive ketones (excluding diaryl/α,β-unsaturated/α-hetero) is 1. The number of hydrogen-bond donors (Lipinski definition) is 2. The minimum atomic E-state index is -0.438. The van der Waals surface area contributed by atoms with Gasteiger partial charge in [-0.05, 0) is 36.8 Å². The van der Waals surface area contributed by atoms with E-state index < -0.39 is 5.60 Å². The summed E-state index contributed by atoms with van der Waals surface area (Å²) in [6.07, 6.45) is 4.19. The second kappa shape index (κ2) is 11.0. The quantitative estimate of drug-likeness (QED) is 0.469. The number of piperidine rings is 1. The number of carbonyl (C=O) groups is 2. The lowest BCUT2D eigenvalue weighted by molar-refractivity contribution is -0.00863. The Morgan fingerprint density at radius 1 is 1.12 bits per heavy atom. The van der Waals surface area contributed by atoms with Crippen molar-refractivity contribution >= 4 is 40.6 Å². The van der Waals surface area contributed by atoms with Gasteiger partial charge in [0.15, 0.2) is 5.78 Å². The molecule has 6 nitrogen and oxygen atoms in total. The molecule has 0 atom stereocenters. The molecule has 2 aromatic rings. The molecule has 0 saturated carbocycles. The number of hydrogen-bond acceptors (Lipinski definition) is 5. The number of carbonyl (C=O) groups excluding carboxylic acids is 2. The zero-order valence-corrected chi connectivity index (χ0v) is 21.0. The summed E-state index contributed by atoms with van der Waals surface area (Å²) >= 11 is 12.2. The average molecular weight is 504 g/mol. The third kappa shape index (κ3) is 5.68. The van der Waals surface area contributed by atoms with Crippen LogP contribution in [-0.2, 0) is 0 Å². The van der Waals surface area contributed by atoms with Crippen LogP contribution in [0.2, 0.25) is 10.0 Å². The first kappa shape index (κ1) is 24.8. The number of likely N-dealkylation sites (tertiary alicyclic amines) is 1. The molecule has 0 radical (unpaired) electrons. The van der Waals surface area contributed by atoms with Crippen LogP contribution in [0, 0.1) is 0 Å². The molecule has 2 N–H and O–H groups in total. The Labute approximate surface area is 210 Å². The third-order valence-corrected chi connectivity index (χ3v) is 7.25. The van der Waals surface area contributed by atoms with Gasteiger partial charge >= 0.3 is 0 Å². The van der Waals surface area contributed by atoms with Crippen molar-refractivity contribution in [2.24, 2.45) is 0 Å². The zero-order valence-electron chi connectivity index (χ0n) is 19.5. The molecule has 8 heteroatoms. The number of halogens is 2. The minimum absolute atomic E-state index is 0.151. The fraction of sp³-hybridized carbons (Fsp3) is 0.462. The van der Waals surface area contributed by atoms with Crippen LogP contribution in [0.3, 0.4) is 0 Å². The third-order valence-electron chi connectivity index (χ3n) is 6.62. The Hall–Kier alpha value is -2.28. The van der Waals surface area contributed by atoms with E-state index in [0.717, 1.165) is 51.0 Å². The second-order valence-electron chi connectivity index (χ2n) is 9.07. The molecule has 2 aromatic carbocycles. The summed E-state index contributed by atoms with van der Waals surface area (Å²) in [5.41, 5.74) is 1.51. The zero-order chi connectivity index (χ0) is 24.1. The monoisotopic (exact) mass is 503 g/mol. The van der Waals surface area contributed by atoms with E-state index in [1.807, 2.05) is 18.2 Å². The maximum absolute atomic E-state index is 13.0. The number of fused-ring (bicyclic) bond motifs is 1. The molecule has 0 aliphatic carbocycles. The van der Waals surface area contributed by atoms with E-state index >= 15 is 0 Å². The van der Waals surface area contributed by atoms with Gasteiger partial charge in [-0.25, -0.2) is 0 Å². The summed E-state index contributed by atoms with van der Waals surface area (Å²) in [4.78, 5) is 27.7. The van der Waals surface area contributed by atoms with Gasteiger partial charge in [0.2, 0.25) is 0 Å². The van der Waals surface area contributed by atoms with Crippen molar-refractivity contribution in [2.75, 3.05) is 38.0 Å². The highest BCUT2D eigenvalue weighted by molar-refractivity contribution is 6.39. The molecule has 2 heterocycles. The molecular formula is C26H31Cl2N3O3. The van der Waals surface area contributed by atoms with Crippen molar-refractivity contribution < 1.29 is 14.3 Å². The van der Waals surface area contributed by atoms with Gasteiger partial charge in [-0.15, -0.1) is 0 Å². The molecule has 4 rings (SSSR count). The van der Waals surface area contributed by atoms with Crippen LogP contribution in [0.4, 0.5) is 5.69 Å². The van der Waals surface area contributed by atoms with Gasteiger partial charge in [0.25, 0.3) is 5.91 Å². The summed E-state index contributed by atoms with van der Waals surface area (Å²) in [6, 6.07) is 10.8. The highest BCUT2D eigenvalue weighted by Gasteiger charge is 2.42. The summed E-state index contributed by atoms with van der Waals surface area (Å²) in [5.74, 6) is 0.567. The van der Waals surface area contributed by atoms with Crippen LogP contribution in [0.1, 0.15) is 59.7 Å². The number of unbranched alkanes of at least 4 members (excludes halogenated alkanes) is 1. The van der Waals surface area contributed by atoms with Gasteiger partial charge in [0, 0.05) is 51.3 Å². The van der Waals surface area contributed by atoms with Gasteiger partial charge in [-0.2, -0.15) is 0 Å². The second-order valence-corrected chi connectivity index (χ2v) is 9.88. The molecule has 2 aliphatic rings. The molecular weight excluding hydrogens is 473 g/mol. The highest BCUT2D eigenvalue weighted by Crippen LogP contribution is 2.40. The first-order valence-corrected chi connectivity index (χ1v) is 12.7. The Morgan fingerprint density at radius 3 is 2.56 bits per heavy atom. The van der Waals surface area contributed by atoms with Crippen molar-refractivity contribution in [3.63, 3.8) is 0 Å². The van der Waals surface area contributed by atoms with Crippen LogP contribution in [0.5, 0.6) is 5.75 Å². The number of benzene rings is 2. The van der Waals surface area contributed by atoms with Gasteiger partial charge in [-0.3, -0.25) is 9.59 Å². The van der Waals surface area contributed by atoms with E-state index in [0.29, 0.717) is 46.4 Å². The molecule has 0 aromatic heterocycles. The molecule has 1 amide bonds. The number of anilines is 1. The summed E-state index contributed by atoms with van der Waals surface area (Å²) in [7, 11) is 0. The van der Waals surface area contributed by atoms with Crippen molar-refractivity contribution in [1.29, 1.82) is 0 Å². The van der Waals surface area contributed by atoms with E-state index in [1.165, 1.54) is 0 Å². The molecule has 2 aliphatic heterocycles. The fourth-order valence-corrected chi connectivity index (χ4v) is 5.18. The number of amides is 1. The van der Waals surface area contributed by atoms with Crippen molar-refractivity contribution in [1.82, 2.24) is 10.2 Å². The van der Waals surface area contributed by atoms with Gasteiger partial charge in [-0.1, -0.05) is 42.6 Å². The van der Waals surface area contributed by atoms with Crippen molar-refractivity contribution in [3.8, 4) is 5.75 Å². The number of ether oxygens (including phenoxy) is 1. The smallest absolute Gasteiger partial charge is 0.254 e. The largest absolute Gasteiger partial charge is 0.486 e. The lowest BCUT2D eigenvalue weighted by atomic mass is 9.82. The number of ketones is 1. The number of nitrogens with one attached hydrogen (secondary N) is 2. The predicted molar refractivity (Wildman–Crippen MR) is 137 cm³/mol. The first-order valence-electron chi connectivity index (χ1n) is 12.0. The Bertz CT molecular complexity index is 1030. The van der Waals surface area contributed by atoms with E-state index in [-0.39, 0.29) is 11.7 Å². The Morgan fingerprint density at radius 2 is 1.85 bits per heavy atom. The summed E-state index contributed by atoms with van der Waals surface area (Å²) < 4.78 is 6.41. The van der Waals surface area contributed by atoms with Crippen LogP contribution >= 0.6 is 23.2 Å². The summed E-state index contributed by atoms with van der Waals surface area (Å²) in [5, 5.41) is 6.96. The fourth-order valence-electron chi connectivity index (χ4n) is 4.61. The molecule has 182 valence electrons. The minimum Gasteiger partial charge on any atom is -0.486 e. The van der Waals surface area contributed by atoms with Gasteiger partial charge < -0.3 is 20.3 Å². The summed E-state index contributed by atoms with van der Waals surface area (Å²) in [6.45, 7) is 5.87. The molecule has 0 unspecified atom stereocenters. The maximum atomic E-state index is 13.0. The van der Waals surface area contributed by atoms with Crippen molar-refractivity contribution in [2.45, 2.75) is 44.6 Å². The van der Waals surface area contributed by atoms with Crippen LogP contribution < -0.4 is 15.4 Å². The lowest BCUT2D eigenvalue weighted by Gasteiger charge is -2.44. The van der Waals surface area contributed by atoms with E-state index in [4.69, 9.17) is 27.9 Å². The average Bonchev–Trinajstić information content (AvgIpc) is 2.81. The first-order chi connectivity index (χ1) is 16.4.